The summed E-state index contributed by atoms with van der Waals surface area (Å²) in [5, 5.41) is 15.2. The number of methoxy groups -OCH3 is 1. The molecule has 2 amide bonds. The zero-order valence-corrected chi connectivity index (χ0v) is 23.2. The van der Waals surface area contributed by atoms with Gasteiger partial charge in [0, 0.05) is 23.8 Å². The third kappa shape index (κ3) is 6.63. The number of ether oxygens (including phenoxy) is 1. The van der Waals surface area contributed by atoms with Crippen molar-refractivity contribution >= 4 is 46.7 Å². The van der Waals surface area contributed by atoms with E-state index in [1.165, 1.54) is 13.2 Å². The predicted octanol–water partition coefficient (Wildman–Crippen LogP) is 6.03. The summed E-state index contributed by atoms with van der Waals surface area (Å²) in [6, 6.07) is 12.8. The number of rotatable bonds is 7. The van der Waals surface area contributed by atoms with Crippen molar-refractivity contribution in [3.8, 4) is 6.07 Å². The molecule has 0 bridgehead atoms. The van der Waals surface area contributed by atoms with Crippen LogP contribution in [0.4, 0.5) is 5.69 Å². The number of carbonyl (C=O) groups excluding carboxylic acids is 3. The number of nitriles is 1. The van der Waals surface area contributed by atoms with Gasteiger partial charge in [0.25, 0.3) is 5.91 Å². The minimum atomic E-state index is -0.934. The summed E-state index contributed by atoms with van der Waals surface area (Å²) < 4.78 is 4.95. The van der Waals surface area contributed by atoms with Crippen LogP contribution < -0.4 is 10.6 Å². The lowest BCUT2D eigenvalue weighted by molar-refractivity contribution is -0.144. The topological polar surface area (TPSA) is 108 Å². The van der Waals surface area contributed by atoms with E-state index in [1.807, 2.05) is 26.8 Å². The molecule has 0 heterocycles. The molecule has 0 saturated heterocycles. The second-order valence-electron chi connectivity index (χ2n) is 9.68. The Balaban J connectivity index is 1.77. The Hall–Kier alpha value is -3.60. The number of esters is 1. The van der Waals surface area contributed by atoms with Crippen molar-refractivity contribution in [3.63, 3.8) is 0 Å². The molecule has 0 aromatic heterocycles. The molecule has 2 aromatic carbocycles. The first-order valence-electron chi connectivity index (χ1n) is 12.0. The van der Waals surface area contributed by atoms with Crippen LogP contribution in [-0.4, -0.2) is 30.9 Å². The lowest BCUT2D eigenvalue weighted by atomic mass is 9.70. The van der Waals surface area contributed by atoms with Crippen LogP contribution in [0.1, 0.15) is 49.5 Å². The van der Waals surface area contributed by atoms with E-state index in [0.717, 1.165) is 16.7 Å². The van der Waals surface area contributed by atoms with Crippen LogP contribution in [0.5, 0.6) is 0 Å². The second kappa shape index (κ2) is 12.3. The third-order valence-corrected chi connectivity index (χ3v) is 7.28. The van der Waals surface area contributed by atoms with Crippen molar-refractivity contribution < 1.29 is 19.1 Å². The highest BCUT2D eigenvalue weighted by Gasteiger charge is 2.36. The molecule has 9 heteroatoms. The Kier molecular flexibility index (Phi) is 9.37. The average Bonchev–Trinajstić information content (AvgIpc) is 2.86. The van der Waals surface area contributed by atoms with Gasteiger partial charge in [0.05, 0.1) is 28.8 Å². The number of amides is 2. The van der Waals surface area contributed by atoms with Crippen LogP contribution in [-0.2, 0) is 20.7 Å². The van der Waals surface area contributed by atoms with E-state index in [1.54, 1.807) is 42.5 Å². The van der Waals surface area contributed by atoms with Gasteiger partial charge >= 0.3 is 5.97 Å². The van der Waals surface area contributed by atoms with Crippen molar-refractivity contribution in [3.05, 3.63) is 86.4 Å². The first-order chi connectivity index (χ1) is 18.0. The van der Waals surface area contributed by atoms with Gasteiger partial charge in [0.2, 0.25) is 5.91 Å². The predicted molar refractivity (Wildman–Crippen MR) is 148 cm³/mol. The largest absolute Gasteiger partial charge is 0.467 e. The normalized spacial score (nSPS) is 16.4. The molecule has 0 spiro atoms. The molecular weight excluding hydrogens is 525 g/mol. The monoisotopic (exact) mass is 553 g/mol. The van der Waals surface area contributed by atoms with Crippen molar-refractivity contribution in [2.45, 2.75) is 46.1 Å². The number of nitrogens with one attached hydrogen (secondary N) is 2. The van der Waals surface area contributed by atoms with Crippen molar-refractivity contribution in [1.29, 1.82) is 5.26 Å². The number of hydrogen-bond acceptors (Lipinski definition) is 5. The van der Waals surface area contributed by atoms with Crippen molar-refractivity contribution in [1.82, 2.24) is 5.32 Å². The van der Waals surface area contributed by atoms with Gasteiger partial charge in [-0.3, -0.25) is 9.59 Å². The molecule has 1 aliphatic carbocycles. The van der Waals surface area contributed by atoms with E-state index < -0.39 is 23.3 Å². The highest BCUT2D eigenvalue weighted by molar-refractivity contribution is 6.40. The van der Waals surface area contributed by atoms with Gasteiger partial charge in [0.15, 0.2) is 0 Å². The molecule has 2 aromatic rings. The first kappa shape index (κ1) is 29.0. The maximum absolute atomic E-state index is 13.4. The standard InChI is InChI=1S/C29H29Cl2N3O4/c1-17-19(13-15-32)12-14-29(2,3)25(17)27(36)34-23(28(37)38-4)16-18-8-10-20(11-9-18)33-26(35)24-21(30)6-5-7-22(24)31/h5-11,13,23H,12,14,16H2,1-4H3,(H,33,35)(H,34,36)/t23-/m0/s1. The molecule has 0 unspecified atom stereocenters. The molecular formula is C29H29Cl2N3O4. The van der Waals surface area contributed by atoms with Gasteiger partial charge in [-0.2, -0.15) is 5.26 Å². The molecule has 3 rings (SSSR count). The number of nitrogens with zero attached hydrogens (tertiary/aromatic N) is 1. The van der Waals surface area contributed by atoms with Crippen LogP contribution in [0.3, 0.4) is 0 Å². The third-order valence-electron chi connectivity index (χ3n) is 6.65. The van der Waals surface area contributed by atoms with E-state index >= 15 is 0 Å². The molecule has 0 radical (unpaired) electrons. The molecule has 0 saturated carbocycles. The molecule has 38 heavy (non-hydrogen) atoms. The molecule has 0 aliphatic heterocycles. The molecule has 1 atom stereocenters. The smallest absolute Gasteiger partial charge is 0.328 e. The zero-order valence-electron chi connectivity index (χ0n) is 21.7. The highest BCUT2D eigenvalue weighted by atomic mass is 35.5. The minimum Gasteiger partial charge on any atom is -0.467 e. The highest BCUT2D eigenvalue weighted by Crippen LogP contribution is 2.42. The number of allylic oxidation sites excluding steroid dienone is 3. The maximum atomic E-state index is 13.4. The Morgan fingerprint density at radius 2 is 1.74 bits per heavy atom. The lowest BCUT2D eigenvalue weighted by Gasteiger charge is -2.35. The summed E-state index contributed by atoms with van der Waals surface area (Å²) in [6.45, 7) is 5.78. The van der Waals surface area contributed by atoms with Gasteiger partial charge in [0.1, 0.15) is 6.04 Å². The van der Waals surface area contributed by atoms with Crippen LogP contribution >= 0.6 is 23.2 Å². The maximum Gasteiger partial charge on any atom is 0.328 e. The molecule has 0 fully saturated rings. The summed E-state index contributed by atoms with van der Waals surface area (Å²) in [5.74, 6) is -1.40. The molecule has 2 N–H and O–H groups in total. The van der Waals surface area contributed by atoms with Gasteiger partial charge in [-0.1, -0.05) is 55.2 Å². The molecule has 7 nitrogen and oxygen atoms in total. The van der Waals surface area contributed by atoms with Crippen LogP contribution in [0.15, 0.2) is 65.3 Å². The van der Waals surface area contributed by atoms with Crippen LogP contribution in [0.2, 0.25) is 10.0 Å². The van der Waals surface area contributed by atoms with E-state index in [4.69, 9.17) is 33.2 Å². The Morgan fingerprint density at radius 3 is 2.32 bits per heavy atom. The average molecular weight is 554 g/mol. The van der Waals surface area contributed by atoms with Gasteiger partial charge in [-0.05, 0) is 66.2 Å². The second-order valence-corrected chi connectivity index (χ2v) is 10.5. The molecule has 1 aliphatic rings. The number of hydrogen-bond donors (Lipinski definition) is 2. The molecule has 198 valence electrons. The zero-order chi connectivity index (χ0) is 28.0. The fourth-order valence-corrected chi connectivity index (χ4v) is 5.17. The number of anilines is 1. The van der Waals surface area contributed by atoms with Gasteiger partial charge < -0.3 is 15.4 Å². The fraction of sp³-hybridized carbons (Fsp3) is 0.310. The summed E-state index contributed by atoms with van der Waals surface area (Å²) in [4.78, 5) is 38.6. The lowest BCUT2D eigenvalue weighted by Crippen LogP contribution is -2.46. The summed E-state index contributed by atoms with van der Waals surface area (Å²) in [7, 11) is 1.27. The van der Waals surface area contributed by atoms with Crippen molar-refractivity contribution in [2.24, 2.45) is 5.41 Å². The van der Waals surface area contributed by atoms with Crippen molar-refractivity contribution in [2.75, 3.05) is 12.4 Å². The van der Waals surface area contributed by atoms with Crippen LogP contribution in [0, 0.1) is 16.7 Å². The summed E-state index contributed by atoms with van der Waals surface area (Å²) in [5.41, 5.74) is 3.13. The van der Waals surface area contributed by atoms with E-state index in [-0.39, 0.29) is 27.9 Å². The van der Waals surface area contributed by atoms with Crippen LogP contribution in [0.25, 0.3) is 0 Å². The number of benzene rings is 2. The summed E-state index contributed by atoms with van der Waals surface area (Å²) in [6.07, 6.45) is 3.05. The number of carbonyl (C=O) groups is 3. The number of halogens is 2. The SMILES string of the molecule is COC(=O)[C@H](Cc1ccc(NC(=O)c2c(Cl)cccc2Cl)cc1)NC(=O)C1=C(C)C(=CC#N)CCC1(C)C. The Morgan fingerprint density at radius 1 is 1.11 bits per heavy atom. The Bertz CT molecular complexity index is 1330. The van der Waals surface area contributed by atoms with Gasteiger partial charge in [-0.15, -0.1) is 0 Å². The van der Waals surface area contributed by atoms with E-state index in [9.17, 15) is 14.4 Å². The summed E-state index contributed by atoms with van der Waals surface area (Å²) >= 11 is 12.2. The quantitative estimate of drug-likeness (QED) is 0.321. The van der Waals surface area contributed by atoms with Gasteiger partial charge in [-0.25, -0.2) is 4.79 Å². The Labute approximate surface area is 232 Å². The van der Waals surface area contributed by atoms with E-state index in [2.05, 4.69) is 10.6 Å². The first-order valence-corrected chi connectivity index (χ1v) is 12.8. The minimum absolute atomic E-state index is 0.177. The van der Waals surface area contributed by atoms with E-state index in [0.29, 0.717) is 24.1 Å². The fourth-order valence-electron chi connectivity index (χ4n) is 4.60.